The molecule has 0 radical (unpaired) electrons. The Morgan fingerprint density at radius 1 is 1.21 bits per heavy atom. The zero-order valence-electron chi connectivity index (χ0n) is 11.1. The lowest BCUT2D eigenvalue weighted by Gasteiger charge is -2.16. The first-order valence-electron chi connectivity index (χ1n) is 5.87. The fourth-order valence-corrected chi connectivity index (χ4v) is 2.57. The molecule has 0 saturated heterocycles. The minimum atomic E-state index is -0.521. The van der Waals surface area contributed by atoms with Crippen LogP contribution in [-0.2, 0) is 4.79 Å². The van der Waals surface area contributed by atoms with Crippen LogP contribution in [0.15, 0.2) is 24.3 Å². The highest BCUT2D eigenvalue weighted by Gasteiger charge is 2.19. The van der Waals surface area contributed by atoms with E-state index in [9.17, 15) is 14.0 Å². The number of amides is 3. The SMILES string of the molecule is CNC(=O)NC(=O)C(C)SC(C)c1ccc(F)cc1. The first-order chi connectivity index (χ1) is 8.93. The van der Waals surface area contributed by atoms with Crippen LogP contribution in [0.25, 0.3) is 0 Å². The molecule has 6 heteroatoms. The molecule has 0 fully saturated rings. The number of hydrogen-bond donors (Lipinski definition) is 2. The summed E-state index contributed by atoms with van der Waals surface area (Å²) in [5.41, 5.74) is 0.936. The summed E-state index contributed by atoms with van der Waals surface area (Å²) >= 11 is 1.40. The van der Waals surface area contributed by atoms with Crippen LogP contribution in [0.4, 0.5) is 9.18 Å². The average Bonchev–Trinajstić information content (AvgIpc) is 2.38. The maximum absolute atomic E-state index is 12.8. The van der Waals surface area contributed by atoms with E-state index in [2.05, 4.69) is 10.6 Å². The maximum atomic E-state index is 12.8. The molecule has 1 aromatic rings. The Labute approximate surface area is 116 Å². The summed E-state index contributed by atoms with van der Waals surface area (Å²) < 4.78 is 12.8. The van der Waals surface area contributed by atoms with Gasteiger partial charge in [0, 0.05) is 12.3 Å². The molecule has 0 aliphatic carbocycles. The van der Waals surface area contributed by atoms with E-state index in [-0.39, 0.29) is 22.2 Å². The molecule has 0 aliphatic heterocycles. The second kappa shape index (κ2) is 7.13. The molecule has 3 amide bonds. The molecule has 19 heavy (non-hydrogen) atoms. The number of carbonyl (C=O) groups excluding carboxylic acids is 2. The maximum Gasteiger partial charge on any atom is 0.321 e. The quantitative estimate of drug-likeness (QED) is 0.893. The lowest BCUT2D eigenvalue weighted by molar-refractivity contribution is -0.119. The predicted molar refractivity (Wildman–Crippen MR) is 74.5 cm³/mol. The van der Waals surface area contributed by atoms with Crippen molar-refractivity contribution in [3.8, 4) is 0 Å². The number of benzene rings is 1. The fraction of sp³-hybridized carbons (Fsp3) is 0.385. The lowest BCUT2D eigenvalue weighted by Crippen LogP contribution is -2.41. The van der Waals surface area contributed by atoms with Crippen molar-refractivity contribution in [1.82, 2.24) is 10.6 Å². The monoisotopic (exact) mass is 284 g/mol. The van der Waals surface area contributed by atoms with Gasteiger partial charge in [-0.2, -0.15) is 0 Å². The van der Waals surface area contributed by atoms with Crippen molar-refractivity contribution in [3.63, 3.8) is 0 Å². The number of nitrogens with one attached hydrogen (secondary N) is 2. The van der Waals surface area contributed by atoms with E-state index >= 15 is 0 Å². The van der Waals surface area contributed by atoms with E-state index in [1.165, 1.54) is 30.9 Å². The summed E-state index contributed by atoms with van der Waals surface area (Å²) in [5.74, 6) is -0.635. The van der Waals surface area contributed by atoms with Crippen molar-refractivity contribution in [3.05, 3.63) is 35.6 Å². The molecule has 0 heterocycles. The predicted octanol–water partition coefficient (Wildman–Crippen LogP) is 2.46. The second-order valence-corrected chi connectivity index (χ2v) is 5.73. The molecule has 104 valence electrons. The van der Waals surface area contributed by atoms with E-state index < -0.39 is 6.03 Å². The van der Waals surface area contributed by atoms with Gasteiger partial charge in [-0.05, 0) is 31.5 Å². The van der Waals surface area contributed by atoms with Crippen molar-refractivity contribution in [2.45, 2.75) is 24.3 Å². The zero-order valence-corrected chi connectivity index (χ0v) is 11.9. The van der Waals surface area contributed by atoms with Gasteiger partial charge in [0.2, 0.25) is 5.91 Å². The molecule has 2 atom stereocenters. The normalized spacial score (nSPS) is 13.5. The van der Waals surface area contributed by atoms with E-state index in [1.807, 2.05) is 6.92 Å². The highest BCUT2D eigenvalue weighted by Crippen LogP contribution is 2.31. The van der Waals surface area contributed by atoms with Gasteiger partial charge >= 0.3 is 6.03 Å². The summed E-state index contributed by atoms with van der Waals surface area (Å²) in [6, 6.07) is 5.64. The molecular weight excluding hydrogens is 267 g/mol. The third-order valence-electron chi connectivity index (χ3n) is 2.58. The van der Waals surface area contributed by atoms with Crippen LogP contribution in [-0.4, -0.2) is 24.2 Å². The van der Waals surface area contributed by atoms with Gasteiger partial charge in [0.1, 0.15) is 5.82 Å². The second-order valence-electron chi connectivity index (χ2n) is 4.04. The smallest absolute Gasteiger partial charge is 0.321 e. The molecule has 1 rings (SSSR count). The van der Waals surface area contributed by atoms with Gasteiger partial charge in [0.25, 0.3) is 0 Å². The van der Waals surface area contributed by atoms with E-state index in [0.717, 1.165) is 5.56 Å². The number of halogens is 1. The third-order valence-corrected chi connectivity index (χ3v) is 3.88. The lowest BCUT2D eigenvalue weighted by atomic mass is 10.2. The van der Waals surface area contributed by atoms with E-state index in [0.29, 0.717) is 0 Å². The fourth-order valence-electron chi connectivity index (χ4n) is 1.46. The van der Waals surface area contributed by atoms with Crippen LogP contribution < -0.4 is 10.6 Å². The molecule has 0 aromatic heterocycles. The molecule has 0 bridgehead atoms. The minimum absolute atomic E-state index is 0.0334. The molecule has 4 nitrogen and oxygen atoms in total. The van der Waals surface area contributed by atoms with Gasteiger partial charge < -0.3 is 5.32 Å². The number of hydrogen-bond acceptors (Lipinski definition) is 3. The number of carbonyl (C=O) groups is 2. The summed E-state index contributed by atoms with van der Waals surface area (Å²) in [6.07, 6.45) is 0. The van der Waals surface area contributed by atoms with E-state index in [4.69, 9.17) is 0 Å². The summed E-state index contributed by atoms with van der Waals surface area (Å²) in [4.78, 5) is 22.7. The molecule has 0 saturated carbocycles. The minimum Gasteiger partial charge on any atom is -0.341 e. The molecule has 1 aromatic carbocycles. The molecule has 0 spiro atoms. The Bertz CT molecular complexity index is 450. The first kappa shape index (κ1) is 15.5. The number of rotatable bonds is 4. The summed E-state index contributed by atoms with van der Waals surface area (Å²) in [5, 5.41) is 4.20. The van der Waals surface area contributed by atoms with Crippen molar-refractivity contribution < 1.29 is 14.0 Å². The number of urea groups is 1. The van der Waals surface area contributed by atoms with Gasteiger partial charge in [0.15, 0.2) is 0 Å². The van der Waals surface area contributed by atoms with Crippen LogP contribution in [0.3, 0.4) is 0 Å². The largest absolute Gasteiger partial charge is 0.341 e. The number of imide groups is 1. The van der Waals surface area contributed by atoms with Crippen LogP contribution in [0.1, 0.15) is 24.7 Å². The molecule has 2 N–H and O–H groups in total. The van der Waals surface area contributed by atoms with Crippen molar-refractivity contribution in [1.29, 1.82) is 0 Å². The van der Waals surface area contributed by atoms with Crippen molar-refractivity contribution in [2.24, 2.45) is 0 Å². The van der Waals surface area contributed by atoms with Crippen LogP contribution >= 0.6 is 11.8 Å². The Morgan fingerprint density at radius 2 is 1.79 bits per heavy atom. The van der Waals surface area contributed by atoms with Crippen LogP contribution in [0.2, 0.25) is 0 Å². The van der Waals surface area contributed by atoms with Crippen LogP contribution in [0.5, 0.6) is 0 Å². The highest BCUT2D eigenvalue weighted by atomic mass is 32.2. The summed E-state index contributed by atoms with van der Waals surface area (Å²) in [7, 11) is 1.45. The number of thioether (sulfide) groups is 1. The van der Waals surface area contributed by atoms with Crippen LogP contribution in [0, 0.1) is 5.82 Å². The van der Waals surface area contributed by atoms with Gasteiger partial charge in [-0.1, -0.05) is 12.1 Å². The van der Waals surface area contributed by atoms with Gasteiger partial charge in [-0.15, -0.1) is 11.8 Å². The Balaban J connectivity index is 2.56. The Morgan fingerprint density at radius 3 is 2.32 bits per heavy atom. The molecule has 2 unspecified atom stereocenters. The van der Waals surface area contributed by atoms with Gasteiger partial charge in [-0.3, -0.25) is 10.1 Å². The third kappa shape index (κ3) is 4.90. The molecular formula is C13H17FN2O2S. The standard InChI is InChI=1S/C13H17FN2O2S/c1-8(10-4-6-11(14)7-5-10)19-9(2)12(17)16-13(18)15-3/h4-9H,1-3H3,(H2,15,16,17,18). The van der Waals surface area contributed by atoms with Gasteiger partial charge in [-0.25, -0.2) is 9.18 Å². The summed E-state index contributed by atoms with van der Waals surface area (Å²) in [6.45, 7) is 3.66. The van der Waals surface area contributed by atoms with Gasteiger partial charge in [0.05, 0.1) is 5.25 Å². The zero-order chi connectivity index (χ0) is 14.4. The highest BCUT2D eigenvalue weighted by molar-refractivity contribution is 8.00. The average molecular weight is 284 g/mol. The molecule has 0 aliphatic rings. The first-order valence-corrected chi connectivity index (χ1v) is 6.81. The Kier molecular flexibility index (Phi) is 5.82. The van der Waals surface area contributed by atoms with Crippen molar-refractivity contribution >= 4 is 23.7 Å². The van der Waals surface area contributed by atoms with Crippen molar-refractivity contribution in [2.75, 3.05) is 7.05 Å². The topological polar surface area (TPSA) is 58.2 Å². The van der Waals surface area contributed by atoms with E-state index in [1.54, 1.807) is 19.1 Å². The Hall–Kier alpha value is -1.56.